The normalized spacial score (nSPS) is 15.1. The lowest BCUT2D eigenvalue weighted by atomic mass is 9.96. The second kappa shape index (κ2) is 16.3. The Labute approximate surface area is 331 Å². The number of carbonyl (C=O) groups is 1. The van der Waals surface area contributed by atoms with E-state index in [1.807, 2.05) is 36.4 Å². The molecule has 54 heavy (non-hydrogen) atoms. The van der Waals surface area contributed by atoms with E-state index in [9.17, 15) is 23.4 Å². The number of benzene rings is 3. The number of hydrogen-bond donors (Lipinski definition) is 4. The number of fused-ring (bicyclic) bond motifs is 1. The van der Waals surface area contributed by atoms with E-state index in [0.717, 1.165) is 41.4 Å². The number of hydrogen-bond acceptors (Lipinski definition) is 10. The molecule has 0 unspecified atom stereocenters. The van der Waals surface area contributed by atoms with Crippen molar-refractivity contribution in [1.29, 1.82) is 0 Å². The van der Waals surface area contributed by atoms with Crippen LogP contribution in [0.3, 0.4) is 0 Å². The molecule has 6 rings (SSSR count). The number of ether oxygens (including phenoxy) is 2. The van der Waals surface area contributed by atoms with Gasteiger partial charge in [-0.1, -0.05) is 77.8 Å². The SMILES string of the molecule is C[C@@](CO)(NCc1cc(Br)c(OCc2cccc(-c3cccc(-c4ccc5c(c4)C[C@@H](N)C5)c3Cl)c2Cl)nc1OCc1cncc(S(C)(=O)=O)c1)C(=O)O. The van der Waals surface area contributed by atoms with E-state index in [2.05, 4.69) is 49.4 Å². The van der Waals surface area contributed by atoms with Crippen molar-refractivity contribution in [2.24, 2.45) is 5.73 Å². The van der Waals surface area contributed by atoms with Gasteiger partial charge in [0.05, 0.1) is 26.0 Å². The highest BCUT2D eigenvalue weighted by Crippen LogP contribution is 2.41. The van der Waals surface area contributed by atoms with E-state index in [4.69, 9.17) is 38.4 Å². The van der Waals surface area contributed by atoms with Crippen molar-refractivity contribution in [3.63, 3.8) is 0 Å². The average molecular weight is 857 g/mol. The molecular weight excluding hydrogens is 819 g/mol. The molecule has 2 heterocycles. The zero-order valence-corrected chi connectivity index (χ0v) is 33.2. The third-order valence-electron chi connectivity index (χ3n) is 9.23. The van der Waals surface area contributed by atoms with E-state index < -0.39 is 28.0 Å². The molecule has 0 aliphatic heterocycles. The van der Waals surface area contributed by atoms with Gasteiger partial charge in [0.15, 0.2) is 9.84 Å². The Kier molecular flexibility index (Phi) is 12.0. The maximum atomic E-state index is 12.1. The van der Waals surface area contributed by atoms with Crippen LogP contribution in [0, 0.1) is 0 Å². The van der Waals surface area contributed by atoms with Crippen LogP contribution in [0.1, 0.15) is 34.7 Å². The van der Waals surface area contributed by atoms with Crippen LogP contribution in [0.5, 0.6) is 11.8 Å². The molecule has 2 aromatic heterocycles. The summed E-state index contributed by atoms with van der Waals surface area (Å²) in [6.45, 7) is 0.526. The molecular formula is C39H37BrCl2N4O7S. The highest BCUT2D eigenvalue weighted by molar-refractivity contribution is 9.10. The molecule has 15 heteroatoms. The molecule has 0 amide bonds. The van der Waals surface area contributed by atoms with Gasteiger partial charge in [-0.2, -0.15) is 4.98 Å². The molecule has 1 aliphatic carbocycles. The highest BCUT2D eigenvalue weighted by atomic mass is 79.9. The molecule has 5 aromatic rings. The van der Waals surface area contributed by atoms with Crippen molar-refractivity contribution < 1.29 is 32.9 Å². The lowest BCUT2D eigenvalue weighted by Gasteiger charge is -2.24. The summed E-state index contributed by atoms with van der Waals surface area (Å²) in [6.07, 6.45) is 5.49. The maximum absolute atomic E-state index is 12.1. The lowest BCUT2D eigenvalue weighted by Crippen LogP contribution is -2.52. The molecule has 0 saturated heterocycles. The van der Waals surface area contributed by atoms with Crippen LogP contribution in [0.4, 0.5) is 0 Å². The van der Waals surface area contributed by atoms with Crippen LogP contribution in [0.15, 0.2) is 88.5 Å². The topological polar surface area (TPSA) is 174 Å². The Morgan fingerprint density at radius 3 is 2.35 bits per heavy atom. The number of halogens is 3. The monoisotopic (exact) mass is 854 g/mol. The number of carboxylic acid groups (broad SMARTS) is 1. The summed E-state index contributed by atoms with van der Waals surface area (Å²) in [5.74, 6) is -1.02. The lowest BCUT2D eigenvalue weighted by molar-refractivity contribution is -0.145. The number of nitrogens with two attached hydrogens (primary N) is 1. The number of sulfone groups is 1. The minimum atomic E-state index is -3.52. The number of aromatic nitrogens is 2. The van der Waals surface area contributed by atoms with Crippen molar-refractivity contribution in [3.8, 4) is 34.0 Å². The maximum Gasteiger partial charge on any atom is 0.326 e. The molecule has 0 spiro atoms. The number of nitrogens with one attached hydrogen (secondary N) is 1. The molecule has 0 bridgehead atoms. The molecule has 0 fully saturated rings. The fourth-order valence-electron chi connectivity index (χ4n) is 6.06. The summed E-state index contributed by atoms with van der Waals surface area (Å²) in [4.78, 5) is 20.5. The summed E-state index contributed by atoms with van der Waals surface area (Å²) in [5.41, 5.74) is 12.0. The van der Waals surface area contributed by atoms with Crippen molar-refractivity contribution in [1.82, 2.24) is 15.3 Å². The number of pyridine rings is 2. The quantitative estimate of drug-likeness (QED) is 0.0926. The standard InChI is InChI=1S/C39H37BrCl2N4O7S/c1-39(21-47,38(48)49)45-17-27-15-33(40)37(46-36(27)52-19-22-11-29(18-44-16-22)54(2,50)51)53-20-25-5-3-7-31(34(25)41)32-8-4-6-30(35(32)42)24-10-9-23-13-28(43)14-26(23)12-24/h3-12,15-16,18,28,45,47H,13-14,17,19-21,43H2,1-2H3,(H,48,49)/t28-,39-/m0/s1. The Bertz CT molecular complexity index is 2350. The Morgan fingerprint density at radius 1 is 0.944 bits per heavy atom. The first-order chi connectivity index (χ1) is 25.7. The van der Waals surface area contributed by atoms with Crippen LogP contribution in [0.25, 0.3) is 22.3 Å². The third kappa shape index (κ3) is 8.73. The van der Waals surface area contributed by atoms with Crippen molar-refractivity contribution in [3.05, 3.63) is 121 Å². The Balaban J connectivity index is 1.26. The Hall–Kier alpha value is -4.08. The van der Waals surface area contributed by atoms with Gasteiger partial charge in [0.2, 0.25) is 11.8 Å². The molecule has 2 atom stereocenters. The predicted molar refractivity (Wildman–Crippen MR) is 211 cm³/mol. The summed E-state index contributed by atoms with van der Waals surface area (Å²) in [6, 6.07) is 21.0. The summed E-state index contributed by atoms with van der Waals surface area (Å²) < 4.78 is 36.8. The van der Waals surface area contributed by atoms with Gasteiger partial charge in [-0.05, 0) is 64.5 Å². The highest BCUT2D eigenvalue weighted by Gasteiger charge is 2.32. The largest absolute Gasteiger partial charge is 0.480 e. The molecule has 0 radical (unpaired) electrons. The van der Waals surface area contributed by atoms with Crippen LogP contribution in [-0.2, 0) is 47.2 Å². The number of rotatable bonds is 14. The smallest absolute Gasteiger partial charge is 0.326 e. The van der Waals surface area contributed by atoms with Gasteiger partial charge < -0.3 is 25.4 Å². The van der Waals surface area contributed by atoms with Crippen molar-refractivity contribution >= 4 is 54.9 Å². The van der Waals surface area contributed by atoms with Crippen molar-refractivity contribution in [2.45, 2.75) is 56.0 Å². The van der Waals surface area contributed by atoms with Gasteiger partial charge in [-0.3, -0.25) is 15.1 Å². The first-order valence-corrected chi connectivity index (χ1v) is 20.2. The molecule has 1 aliphatic rings. The molecule has 282 valence electrons. The van der Waals surface area contributed by atoms with Crippen molar-refractivity contribution in [2.75, 3.05) is 12.9 Å². The minimum absolute atomic E-state index is 0.0135. The number of nitrogens with zero attached hydrogens (tertiary/aromatic N) is 2. The van der Waals surface area contributed by atoms with Gasteiger partial charge in [-0.15, -0.1) is 0 Å². The van der Waals surface area contributed by atoms with E-state index in [1.165, 1.54) is 36.5 Å². The molecule has 3 aromatic carbocycles. The number of aliphatic hydroxyl groups excluding tert-OH is 1. The average Bonchev–Trinajstić information content (AvgIpc) is 3.52. The summed E-state index contributed by atoms with van der Waals surface area (Å²) in [5, 5.41) is 23.3. The molecule has 5 N–H and O–H groups in total. The third-order valence-corrected chi connectivity index (χ3v) is 11.7. The van der Waals surface area contributed by atoms with Crippen LogP contribution in [-0.4, -0.2) is 59.0 Å². The van der Waals surface area contributed by atoms with E-state index >= 15 is 0 Å². The molecule has 11 nitrogen and oxygen atoms in total. The van der Waals surface area contributed by atoms with Crippen LogP contribution < -0.4 is 20.5 Å². The van der Waals surface area contributed by atoms with Crippen LogP contribution >= 0.6 is 39.1 Å². The van der Waals surface area contributed by atoms with E-state index in [-0.39, 0.29) is 42.5 Å². The van der Waals surface area contributed by atoms with Gasteiger partial charge in [-0.25, -0.2) is 8.42 Å². The second-order valence-corrected chi connectivity index (χ2v) is 17.0. The van der Waals surface area contributed by atoms with Gasteiger partial charge in [0, 0.05) is 64.6 Å². The van der Waals surface area contributed by atoms with Gasteiger partial charge in [0.1, 0.15) is 18.8 Å². The fourth-order valence-corrected chi connectivity index (χ4v) is 7.78. The minimum Gasteiger partial charge on any atom is -0.480 e. The second-order valence-electron chi connectivity index (χ2n) is 13.4. The van der Waals surface area contributed by atoms with Gasteiger partial charge >= 0.3 is 5.97 Å². The van der Waals surface area contributed by atoms with E-state index in [0.29, 0.717) is 31.2 Å². The Morgan fingerprint density at radius 2 is 1.63 bits per heavy atom. The molecule has 0 saturated carbocycles. The fraction of sp³-hybridized carbons (Fsp3) is 0.256. The summed E-state index contributed by atoms with van der Waals surface area (Å²) >= 11 is 17.6. The zero-order valence-electron chi connectivity index (χ0n) is 29.3. The summed E-state index contributed by atoms with van der Waals surface area (Å²) in [7, 11) is -3.52. The van der Waals surface area contributed by atoms with E-state index in [1.54, 1.807) is 6.07 Å². The van der Waals surface area contributed by atoms with Gasteiger partial charge in [0.25, 0.3) is 0 Å². The number of aliphatic hydroxyl groups is 1. The number of carboxylic acids is 1. The first kappa shape index (κ1) is 39.6. The predicted octanol–water partition coefficient (Wildman–Crippen LogP) is 6.79. The first-order valence-electron chi connectivity index (χ1n) is 16.8. The number of aliphatic carboxylic acids is 1. The zero-order chi connectivity index (χ0) is 38.8. The van der Waals surface area contributed by atoms with Crippen LogP contribution in [0.2, 0.25) is 10.0 Å².